The molecular weight excluding hydrogens is 262 g/mol. The molecule has 1 atom stereocenters. The summed E-state index contributed by atoms with van der Waals surface area (Å²) in [6.07, 6.45) is 10.4. The van der Waals surface area contributed by atoms with Crippen LogP contribution in [0.1, 0.15) is 77.5 Å². The molecule has 0 aliphatic carbocycles. The van der Waals surface area contributed by atoms with Crippen molar-refractivity contribution in [3.05, 3.63) is 11.9 Å². The number of aromatic nitrogens is 2. The molecular formula is C17H33N3O. The zero-order valence-electron chi connectivity index (χ0n) is 14.3. The normalized spacial score (nSPS) is 12.6. The van der Waals surface area contributed by atoms with Gasteiger partial charge >= 0.3 is 0 Å². The second kappa shape index (κ2) is 10.7. The monoisotopic (exact) mass is 295 g/mol. The van der Waals surface area contributed by atoms with Crippen molar-refractivity contribution in [2.24, 2.45) is 0 Å². The van der Waals surface area contributed by atoms with Crippen LogP contribution in [0.2, 0.25) is 0 Å². The zero-order valence-corrected chi connectivity index (χ0v) is 14.3. The van der Waals surface area contributed by atoms with Crippen molar-refractivity contribution in [1.82, 2.24) is 15.1 Å². The van der Waals surface area contributed by atoms with Crippen LogP contribution in [0, 0.1) is 0 Å². The maximum atomic E-state index is 5.54. The predicted molar refractivity (Wildman–Crippen MR) is 88.9 cm³/mol. The Morgan fingerprint density at radius 3 is 2.57 bits per heavy atom. The lowest BCUT2D eigenvalue weighted by atomic mass is 10.0. The number of ether oxygens (including phenoxy) is 1. The molecule has 0 spiro atoms. The third-order valence-electron chi connectivity index (χ3n) is 3.82. The van der Waals surface area contributed by atoms with Gasteiger partial charge < -0.3 is 10.1 Å². The highest BCUT2D eigenvalue weighted by atomic mass is 16.5. The van der Waals surface area contributed by atoms with Crippen LogP contribution in [0.25, 0.3) is 0 Å². The van der Waals surface area contributed by atoms with Gasteiger partial charge in [-0.05, 0) is 25.8 Å². The topological polar surface area (TPSA) is 39.1 Å². The van der Waals surface area contributed by atoms with E-state index in [1.807, 2.05) is 6.20 Å². The summed E-state index contributed by atoms with van der Waals surface area (Å²) in [5, 5.41) is 8.18. The van der Waals surface area contributed by atoms with E-state index in [0.717, 1.165) is 38.1 Å². The smallest absolute Gasteiger partial charge is 0.161 e. The summed E-state index contributed by atoms with van der Waals surface area (Å²) in [4.78, 5) is 0. The largest absolute Gasteiger partial charge is 0.493 e. The Morgan fingerprint density at radius 1 is 1.14 bits per heavy atom. The number of hydrogen-bond donors (Lipinski definition) is 1. The summed E-state index contributed by atoms with van der Waals surface area (Å²) in [5.74, 6) is 0.924. The van der Waals surface area contributed by atoms with Gasteiger partial charge in [0.2, 0.25) is 0 Å². The first kappa shape index (κ1) is 18.0. The van der Waals surface area contributed by atoms with Crippen LogP contribution in [-0.2, 0) is 6.54 Å². The molecule has 0 aromatic carbocycles. The van der Waals surface area contributed by atoms with E-state index in [2.05, 4.69) is 35.9 Å². The second-order valence-electron chi connectivity index (χ2n) is 5.68. The molecule has 4 heteroatoms. The van der Waals surface area contributed by atoms with Gasteiger partial charge in [0.25, 0.3) is 0 Å². The molecule has 21 heavy (non-hydrogen) atoms. The van der Waals surface area contributed by atoms with E-state index in [-0.39, 0.29) is 0 Å². The molecule has 0 aliphatic rings. The maximum absolute atomic E-state index is 5.54. The van der Waals surface area contributed by atoms with Crippen molar-refractivity contribution in [3.63, 3.8) is 0 Å². The molecule has 0 radical (unpaired) electrons. The number of aryl methyl sites for hydroxylation is 1. The minimum atomic E-state index is 0.353. The first-order valence-corrected chi connectivity index (χ1v) is 8.61. The highest BCUT2D eigenvalue weighted by Crippen LogP contribution is 2.29. The molecule has 4 nitrogen and oxygen atoms in total. The van der Waals surface area contributed by atoms with Crippen LogP contribution in [-0.4, -0.2) is 23.4 Å². The minimum absolute atomic E-state index is 0.353. The number of unbranched alkanes of at least 4 members (excludes halogenated alkanes) is 3. The van der Waals surface area contributed by atoms with E-state index < -0.39 is 0 Å². The van der Waals surface area contributed by atoms with E-state index in [1.54, 1.807) is 7.11 Å². The van der Waals surface area contributed by atoms with E-state index in [1.165, 1.54) is 31.4 Å². The Hall–Kier alpha value is -1.03. The van der Waals surface area contributed by atoms with Crippen LogP contribution in [0.5, 0.6) is 5.75 Å². The van der Waals surface area contributed by atoms with Crippen molar-refractivity contribution >= 4 is 0 Å². The molecule has 1 rings (SSSR count). The summed E-state index contributed by atoms with van der Waals surface area (Å²) in [6.45, 7) is 8.65. The van der Waals surface area contributed by atoms with Crippen molar-refractivity contribution in [3.8, 4) is 5.75 Å². The second-order valence-corrected chi connectivity index (χ2v) is 5.68. The summed E-state index contributed by atoms with van der Waals surface area (Å²) in [7, 11) is 1.74. The molecule has 0 saturated carbocycles. The number of nitrogens with one attached hydrogen (secondary N) is 1. The Kier molecular flexibility index (Phi) is 9.15. The number of hydrogen-bond acceptors (Lipinski definition) is 3. The van der Waals surface area contributed by atoms with Gasteiger partial charge in [0.1, 0.15) is 0 Å². The molecule has 0 saturated heterocycles. The lowest BCUT2D eigenvalue weighted by Crippen LogP contribution is -2.25. The Labute approximate surface area is 130 Å². The number of methoxy groups -OCH3 is 1. The van der Waals surface area contributed by atoms with Gasteiger partial charge in [-0.25, -0.2) is 0 Å². The van der Waals surface area contributed by atoms with Crippen LogP contribution in [0.3, 0.4) is 0 Å². The standard InChI is InChI=1S/C17H33N3O/c1-5-8-9-10-11-15(18-12-6-2)17-16(21-4)14-19-20(17)13-7-3/h14-15,18H,5-13H2,1-4H3. The van der Waals surface area contributed by atoms with Gasteiger partial charge in [-0.3, -0.25) is 4.68 Å². The Morgan fingerprint density at radius 2 is 1.95 bits per heavy atom. The minimum Gasteiger partial charge on any atom is -0.493 e. The van der Waals surface area contributed by atoms with Crippen molar-refractivity contribution in [2.75, 3.05) is 13.7 Å². The molecule has 0 amide bonds. The van der Waals surface area contributed by atoms with Gasteiger partial charge in [0, 0.05) is 6.54 Å². The first-order chi connectivity index (χ1) is 10.3. The van der Waals surface area contributed by atoms with Gasteiger partial charge in [-0.2, -0.15) is 5.10 Å². The third-order valence-corrected chi connectivity index (χ3v) is 3.82. The highest BCUT2D eigenvalue weighted by molar-refractivity contribution is 5.28. The Bertz CT molecular complexity index is 376. The van der Waals surface area contributed by atoms with Gasteiger partial charge in [0.05, 0.1) is 25.0 Å². The van der Waals surface area contributed by atoms with E-state index in [9.17, 15) is 0 Å². The molecule has 1 aromatic rings. The Balaban J connectivity index is 2.81. The van der Waals surface area contributed by atoms with E-state index in [0.29, 0.717) is 6.04 Å². The third kappa shape index (κ3) is 5.70. The van der Waals surface area contributed by atoms with Crippen LogP contribution < -0.4 is 10.1 Å². The maximum Gasteiger partial charge on any atom is 0.161 e. The van der Waals surface area contributed by atoms with Gasteiger partial charge in [-0.15, -0.1) is 0 Å². The fourth-order valence-corrected chi connectivity index (χ4v) is 2.71. The molecule has 1 N–H and O–H groups in total. The molecule has 1 aromatic heterocycles. The van der Waals surface area contributed by atoms with E-state index >= 15 is 0 Å². The molecule has 0 bridgehead atoms. The van der Waals surface area contributed by atoms with Gasteiger partial charge in [-0.1, -0.05) is 46.5 Å². The fourth-order valence-electron chi connectivity index (χ4n) is 2.71. The average Bonchev–Trinajstić information content (AvgIpc) is 2.90. The zero-order chi connectivity index (χ0) is 15.5. The van der Waals surface area contributed by atoms with Crippen LogP contribution >= 0.6 is 0 Å². The highest BCUT2D eigenvalue weighted by Gasteiger charge is 2.20. The lowest BCUT2D eigenvalue weighted by Gasteiger charge is -2.21. The van der Waals surface area contributed by atoms with Crippen LogP contribution in [0.15, 0.2) is 6.20 Å². The number of rotatable bonds is 12. The van der Waals surface area contributed by atoms with Crippen molar-refractivity contribution in [2.45, 2.75) is 78.3 Å². The fraction of sp³-hybridized carbons (Fsp3) is 0.824. The molecule has 122 valence electrons. The molecule has 1 heterocycles. The SMILES string of the molecule is CCCCCCC(NCCC)c1c(OC)cnn1CCC. The first-order valence-electron chi connectivity index (χ1n) is 8.61. The molecule has 0 fully saturated rings. The summed E-state index contributed by atoms with van der Waals surface area (Å²) in [5.41, 5.74) is 1.23. The van der Waals surface area contributed by atoms with Crippen molar-refractivity contribution < 1.29 is 4.74 Å². The lowest BCUT2D eigenvalue weighted by molar-refractivity contribution is 0.378. The predicted octanol–water partition coefficient (Wildman–Crippen LogP) is 4.31. The van der Waals surface area contributed by atoms with E-state index in [4.69, 9.17) is 4.74 Å². The average molecular weight is 295 g/mol. The summed E-state index contributed by atoms with van der Waals surface area (Å²) >= 11 is 0. The van der Waals surface area contributed by atoms with Gasteiger partial charge in [0.15, 0.2) is 5.75 Å². The summed E-state index contributed by atoms with van der Waals surface area (Å²) in [6, 6.07) is 0.353. The quantitative estimate of drug-likeness (QED) is 0.584. The number of nitrogens with zero attached hydrogens (tertiary/aromatic N) is 2. The van der Waals surface area contributed by atoms with Crippen LogP contribution in [0.4, 0.5) is 0 Å². The summed E-state index contributed by atoms with van der Waals surface area (Å²) < 4.78 is 7.65. The van der Waals surface area contributed by atoms with Crippen molar-refractivity contribution in [1.29, 1.82) is 0 Å². The molecule has 1 unspecified atom stereocenters. The molecule has 0 aliphatic heterocycles.